The SMILES string of the molecule is CC(C)OP(c1ccc(C(C)(C)C)cc1C(C)(C)C)c1cccc2ccccc12. The maximum atomic E-state index is 6.66. The van der Waals surface area contributed by atoms with Crippen molar-refractivity contribution in [3.8, 4) is 0 Å². The number of hydrogen-bond acceptors (Lipinski definition) is 1. The Kier molecular flexibility index (Phi) is 6.23. The van der Waals surface area contributed by atoms with Crippen LogP contribution in [0.25, 0.3) is 10.8 Å². The third-order valence-electron chi connectivity index (χ3n) is 5.19. The van der Waals surface area contributed by atoms with Gasteiger partial charge in [-0.1, -0.05) is 102 Å². The van der Waals surface area contributed by atoms with Crippen molar-refractivity contribution in [2.45, 2.75) is 72.3 Å². The zero-order chi connectivity index (χ0) is 21.4. The van der Waals surface area contributed by atoms with E-state index in [1.807, 2.05) is 0 Å². The Balaban J connectivity index is 2.27. The van der Waals surface area contributed by atoms with E-state index in [0.717, 1.165) is 0 Å². The molecule has 3 aromatic carbocycles. The highest BCUT2D eigenvalue weighted by molar-refractivity contribution is 7.69. The van der Waals surface area contributed by atoms with E-state index >= 15 is 0 Å². The molecule has 2 heteroatoms. The standard InChI is InChI=1S/C27H35OP/c1-19(2)28-29(24-15-11-13-20-12-9-10-14-22(20)24)25-17-16-21(26(3,4)5)18-23(25)27(6,7)8/h9-19H,1-8H3. The van der Waals surface area contributed by atoms with E-state index in [9.17, 15) is 0 Å². The lowest BCUT2D eigenvalue weighted by atomic mass is 9.81. The smallest absolute Gasteiger partial charge is 0.0930 e. The molecule has 0 aliphatic carbocycles. The minimum Gasteiger partial charge on any atom is -0.347 e. The number of rotatable bonds is 4. The van der Waals surface area contributed by atoms with Gasteiger partial charge in [0.15, 0.2) is 0 Å². The Bertz CT molecular complexity index is 984. The van der Waals surface area contributed by atoms with Gasteiger partial charge in [-0.3, -0.25) is 0 Å². The Morgan fingerprint density at radius 1 is 0.724 bits per heavy atom. The molecule has 0 spiro atoms. The number of benzene rings is 3. The molecule has 0 aliphatic heterocycles. The van der Waals surface area contributed by atoms with Crippen molar-refractivity contribution in [3.05, 3.63) is 71.8 Å². The van der Waals surface area contributed by atoms with Crippen molar-refractivity contribution in [2.75, 3.05) is 0 Å². The van der Waals surface area contributed by atoms with Gasteiger partial charge in [0.05, 0.1) is 14.3 Å². The highest BCUT2D eigenvalue weighted by Gasteiger charge is 2.28. The fourth-order valence-corrected chi connectivity index (χ4v) is 6.00. The molecule has 3 rings (SSSR count). The molecular weight excluding hydrogens is 371 g/mol. The molecule has 1 unspecified atom stereocenters. The summed E-state index contributed by atoms with van der Waals surface area (Å²) in [6, 6.07) is 22.3. The molecule has 0 fully saturated rings. The summed E-state index contributed by atoms with van der Waals surface area (Å²) < 4.78 is 6.66. The van der Waals surface area contributed by atoms with E-state index in [1.165, 1.54) is 32.5 Å². The van der Waals surface area contributed by atoms with Crippen LogP contribution in [0.15, 0.2) is 60.7 Å². The minimum absolute atomic E-state index is 0.0438. The van der Waals surface area contributed by atoms with Crippen LogP contribution in [0.5, 0.6) is 0 Å². The average Bonchev–Trinajstić information content (AvgIpc) is 2.64. The van der Waals surface area contributed by atoms with Gasteiger partial charge in [-0.15, -0.1) is 0 Å². The lowest BCUT2D eigenvalue weighted by Crippen LogP contribution is -2.28. The van der Waals surface area contributed by atoms with Gasteiger partial charge in [0.25, 0.3) is 0 Å². The topological polar surface area (TPSA) is 9.23 Å². The van der Waals surface area contributed by atoms with E-state index in [0.29, 0.717) is 0 Å². The first kappa shape index (κ1) is 22.0. The zero-order valence-electron chi connectivity index (χ0n) is 19.2. The first-order valence-electron chi connectivity index (χ1n) is 10.6. The van der Waals surface area contributed by atoms with E-state index in [-0.39, 0.29) is 16.9 Å². The molecule has 0 aromatic heterocycles. The summed E-state index contributed by atoms with van der Waals surface area (Å²) in [6.07, 6.45) is 0.162. The summed E-state index contributed by atoms with van der Waals surface area (Å²) in [7, 11) is -0.923. The summed E-state index contributed by atoms with van der Waals surface area (Å²) in [6.45, 7) is 18.1. The Labute approximate surface area is 178 Å². The Hall–Kier alpha value is -1.69. The van der Waals surface area contributed by atoms with Crippen LogP contribution in [0, 0.1) is 0 Å². The van der Waals surface area contributed by atoms with Gasteiger partial charge in [0.2, 0.25) is 0 Å². The maximum Gasteiger partial charge on any atom is 0.0930 e. The lowest BCUT2D eigenvalue weighted by molar-refractivity contribution is 0.277. The van der Waals surface area contributed by atoms with Crippen LogP contribution in [0.1, 0.15) is 66.5 Å². The van der Waals surface area contributed by atoms with Crippen LogP contribution in [0.4, 0.5) is 0 Å². The summed E-state index contributed by atoms with van der Waals surface area (Å²) in [5.41, 5.74) is 2.94. The van der Waals surface area contributed by atoms with E-state index in [1.54, 1.807) is 0 Å². The largest absolute Gasteiger partial charge is 0.347 e. The van der Waals surface area contributed by atoms with Gasteiger partial charge in [-0.2, -0.15) is 0 Å². The normalized spacial score (nSPS) is 13.8. The molecule has 1 nitrogen and oxygen atoms in total. The second-order valence-corrected chi connectivity index (χ2v) is 11.9. The van der Waals surface area contributed by atoms with Crippen molar-refractivity contribution < 1.29 is 4.52 Å². The monoisotopic (exact) mass is 406 g/mol. The first-order valence-corrected chi connectivity index (χ1v) is 11.8. The second-order valence-electron chi connectivity index (χ2n) is 10.2. The summed E-state index contributed by atoms with van der Waals surface area (Å²) in [5, 5.41) is 5.21. The third kappa shape index (κ3) is 4.90. The van der Waals surface area contributed by atoms with Crippen molar-refractivity contribution in [1.82, 2.24) is 0 Å². The second kappa shape index (κ2) is 8.21. The van der Waals surface area contributed by atoms with Gasteiger partial charge >= 0.3 is 0 Å². The third-order valence-corrected chi connectivity index (χ3v) is 7.48. The molecule has 0 saturated heterocycles. The number of hydrogen-bond donors (Lipinski definition) is 0. The van der Waals surface area contributed by atoms with Gasteiger partial charge in [0, 0.05) is 10.6 Å². The predicted octanol–water partition coefficient (Wildman–Crippen LogP) is 7.21. The average molecular weight is 407 g/mol. The van der Waals surface area contributed by atoms with Crippen LogP contribution in [-0.2, 0) is 15.4 Å². The zero-order valence-corrected chi connectivity index (χ0v) is 20.1. The van der Waals surface area contributed by atoms with Crippen LogP contribution in [0.2, 0.25) is 0 Å². The lowest BCUT2D eigenvalue weighted by Gasteiger charge is -2.31. The van der Waals surface area contributed by atoms with Gasteiger partial charge in [-0.25, -0.2) is 0 Å². The molecule has 3 aromatic rings. The first-order chi connectivity index (χ1) is 13.5. The molecule has 1 atom stereocenters. The predicted molar refractivity (Wildman–Crippen MR) is 130 cm³/mol. The molecule has 154 valence electrons. The molecule has 0 radical (unpaired) electrons. The molecule has 0 N–H and O–H groups in total. The van der Waals surface area contributed by atoms with Crippen LogP contribution in [-0.4, -0.2) is 6.10 Å². The fraction of sp³-hybridized carbons (Fsp3) is 0.407. The molecule has 0 aliphatic rings. The molecular formula is C27H35OP. The van der Waals surface area contributed by atoms with Crippen LogP contribution in [0.3, 0.4) is 0 Å². The maximum absolute atomic E-state index is 6.66. The molecule has 0 heterocycles. The van der Waals surface area contributed by atoms with Crippen molar-refractivity contribution in [1.29, 1.82) is 0 Å². The van der Waals surface area contributed by atoms with Crippen molar-refractivity contribution in [3.63, 3.8) is 0 Å². The summed E-state index contributed by atoms with van der Waals surface area (Å²) >= 11 is 0. The van der Waals surface area contributed by atoms with Crippen molar-refractivity contribution >= 4 is 29.5 Å². The van der Waals surface area contributed by atoms with Gasteiger partial charge in [0.1, 0.15) is 0 Å². The number of fused-ring (bicyclic) bond motifs is 1. The fourth-order valence-electron chi connectivity index (χ4n) is 3.62. The van der Waals surface area contributed by atoms with Gasteiger partial charge in [-0.05, 0) is 46.6 Å². The van der Waals surface area contributed by atoms with E-state index < -0.39 is 8.15 Å². The Morgan fingerprint density at radius 3 is 2.00 bits per heavy atom. The minimum atomic E-state index is -0.923. The van der Waals surface area contributed by atoms with Gasteiger partial charge < -0.3 is 4.52 Å². The quantitative estimate of drug-likeness (QED) is 0.416. The van der Waals surface area contributed by atoms with E-state index in [2.05, 4.69) is 116 Å². The van der Waals surface area contributed by atoms with E-state index in [4.69, 9.17) is 4.52 Å². The summed E-state index contributed by atoms with van der Waals surface area (Å²) in [5.74, 6) is 0. The highest BCUT2D eigenvalue weighted by Crippen LogP contribution is 2.43. The Morgan fingerprint density at radius 2 is 1.38 bits per heavy atom. The van der Waals surface area contributed by atoms with Crippen LogP contribution >= 0.6 is 8.15 Å². The summed E-state index contributed by atoms with van der Waals surface area (Å²) in [4.78, 5) is 0. The molecule has 0 amide bonds. The molecule has 29 heavy (non-hydrogen) atoms. The molecule has 0 saturated carbocycles. The highest BCUT2D eigenvalue weighted by atomic mass is 31.1. The van der Waals surface area contributed by atoms with Crippen LogP contribution < -0.4 is 10.6 Å². The van der Waals surface area contributed by atoms with Crippen molar-refractivity contribution in [2.24, 2.45) is 0 Å². The molecule has 0 bridgehead atoms.